The molecule has 2 aromatic carbocycles. The molecular weight excluding hydrogens is 532 g/mol. The third-order valence-corrected chi connectivity index (χ3v) is 6.72. The van der Waals surface area contributed by atoms with Gasteiger partial charge in [-0.05, 0) is 48.7 Å². The van der Waals surface area contributed by atoms with Gasteiger partial charge in [0.15, 0.2) is 12.4 Å². The summed E-state index contributed by atoms with van der Waals surface area (Å²) < 4.78 is 11.7. The average Bonchev–Trinajstić information content (AvgIpc) is 3.00. The number of carbonyl (C=O) groups is 2. The third-order valence-electron chi connectivity index (χ3n) is 6.72. The van der Waals surface area contributed by atoms with E-state index >= 15 is 0 Å². The number of benzene rings is 2. The number of anilines is 4. The number of nitrogens with one attached hydrogen (secondary N) is 3. The molecule has 3 heterocycles. The van der Waals surface area contributed by atoms with Gasteiger partial charge in [0.1, 0.15) is 29.5 Å². The first kappa shape index (κ1) is 28.5. The second-order valence-corrected chi connectivity index (χ2v) is 10.0. The summed E-state index contributed by atoms with van der Waals surface area (Å²) in [6.07, 6.45) is 9.09. The summed E-state index contributed by atoms with van der Waals surface area (Å²) in [5.41, 5.74) is 2.46. The van der Waals surface area contributed by atoms with Crippen LogP contribution in [-0.4, -0.2) is 45.9 Å². The molecule has 0 saturated carbocycles. The molecule has 6 bridgehead atoms. The van der Waals surface area contributed by atoms with Gasteiger partial charge in [0.05, 0.1) is 12.6 Å². The molecule has 10 heteroatoms. The van der Waals surface area contributed by atoms with E-state index in [1.807, 2.05) is 48.5 Å². The van der Waals surface area contributed by atoms with E-state index in [1.54, 1.807) is 30.6 Å². The first-order valence-electron chi connectivity index (χ1n) is 14.1. The standard InChI is InChI=1S/C32H34N6O4/c39-29-13-3-1-2-4-15-41-26-11-5-9-24(17-26)36-30-19-31(35-22-34-30)37-25-10-6-12-27(18-25)42-21-32(40)38-28(29)16-23-8-7-14-33-20-23/h5-12,14,17-20,22,28H,1-4,13,15-16,21H2,(H,38,40)(H2,34,35,36,37). The SMILES string of the molecule is O=C1COc2cccc(c2)Nc2cc(ncn2)Nc2cccc(c2)OCCCCCCC(=O)C(Cc2cccnc2)N1. The lowest BCUT2D eigenvalue weighted by molar-refractivity contribution is -0.129. The molecule has 216 valence electrons. The summed E-state index contributed by atoms with van der Waals surface area (Å²) >= 11 is 0. The van der Waals surface area contributed by atoms with Crippen LogP contribution in [0.2, 0.25) is 0 Å². The van der Waals surface area contributed by atoms with Crippen molar-refractivity contribution in [3.05, 3.63) is 91.0 Å². The van der Waals surface area contributed by atoms with Crippen molar-refractivity contribution in [3.63, 3.8) is 0 Å². The van der Waals surface area contributed by atoms with E-state index in [2.05, 4.69) is 30.9 Å². The van der Waals surface area contributed by atoms with Gasteiger partial charge in [0, 0.05) is 54.8 Å². The summed E-state index contributed by atoms with van der Waals surface area (Å²) in [5, 5.41) is 9.42. The maximum atomic E-state index is 13.2. The van der Waals surface area contributed by atoms with Crippen molar-refractivity contribution in [1.29, 1.82) is 0 Å². The van der Waals surface area contributed by atoms with Crippen molar-refractivity contribution in [2.45, 2.75) is 44.6 Å². The molecule has 10 nitrogen and oxygen atoms in total. The number of hydrogen-bond donors (Lipinski definition) is 3. The van der Waals surface area contributed by atoms with Gasteiger partial charge < -0.3 is 25.4 Å². The van der Waals surface area contributed by atoms with E-state index < -0.39 is 6.04 Å². The van der Waals surface area contributed by atoms with Crippen molar-refractivity contribution in [2.75, 3.05) is 23.8 Å². The monoisotopic (exact) mass is 566 g/mol. The number of Topliss-reactive ketones (excluding diaryl/α,β-unsaturated/α-hetero) is 1. The lowest BCUT2D eigenvalue weighted by Crippen LogP contribution is -2.44. The van der Waals surface area contributed by atoms with Crippen LogP contribution in [0.15, 0.2) is 85.5 Å². The fourth-order valence-electron chi connectivity index (χ4n) is 4.62. The van der Waals surface area contributed by atoms with Crippen LogP contribution in [0.4, 0.5) is 23.0 Å². The Kier molecular flexibility index (Phi) is 9.91. The van der Waals surface area contributed by atoms with Crippen LogP contribution < -0.4 is 25.4 Å². The molecule has 1 amide bonds. The lowest BCUT2D eigenvalue weighted by atomic mass is 9.99. The number of amides is 1. The number of rotatable bonds is 2. The van der Waals surface area contributed by atoms with Gasteiger partial charge in [-0.2, -0.15) is 0 Å². The molecule has 1 aliphatic heterocycles. The first-order chi connectivity index (χ1) is 20.6. The van der Waals surface area contributed by atoms with Crippen molar-refractivity contribution in [1.82, 2.24) is 20.3 Å². The molecule has 0 aliphatic carbocycles. The van der Waals surface area contributed by atoms with Crippen molar-refractivity contribution in [2.24, 2.45) is 0 Å². The maximum Gasteiger partial charge on any atom is 0.258 e. The Labute approximate surface area is 244 Å². The summed E-state index contributed by atoms with van der Waals surface area (Å²) in [4.78, 5) is 38.8. The topological polar surface area (TPSA) is 127 Å². The Morgan fingerprint density at radius 3 is 2.21 bits per heavy atom. The third kappa shape index (κ3) is 8.76. The Bertz CT molecular complexity index is 1480. The molecule has 0 radical (unpaired) electrons. The van der Waals surface area contributed by atoms with Gasteiger partial charge in [-0.1, -0.05) is 31.0 Å². The predicted octanol–water partition coefficient (Wildman–Crippen LogP) is 5.38. The molecule has 0 fully saturated rings. The molecule has 3 N–H and O–H groups in total. The summed E-state index contributed by atoms with van der Waals surface area (Å²) in [5.74, 6) is 2.11. The van der Waals surface area contributed by atoms with Crippen LogP contribution in [0, 0.1) is 0 Å². The Morgan fingerprint density at radius 2 is 1.50 bits per heavy atom. The van der Waals surface area contributed by atoms with Crippen LogP contribution in [0.5, 0.6) is 11.5 Å². The van der Waals surface area contributed by atoms with Gasteiger partial charge in [0.2, 0.25) is 0 Å². The first-order valence-corrected chi connectivity index (χ1v) is 14.1. The maximum absolute atomic E-state index is 13.2. The van der Waals surface area contributed by atoms with Gasteiger partial charge in [0.25, 0.3) is 5.91 Å². The lowest BCUT2D eigenvalue weighted by Gasteiger charge is -2.18. The minimum atomic E-state index is -0.653. The zero-order valence-corrected chi connectivity index (χ0v) is 23.3. The molecule has 1 atom stereocenters. The number of nitrogens with zero attached hydrogens (tertiary/aromatic N) is 3. The molecule has 42 heavy (non-hydrogen) atoms. The van der Waals surface area contributed by atoms with Crippen LogP contribution in [0.25, 0.3) is 0 Å². The highest BCUT2D eigenvalue weighted by Crippen LogP contribution is 2.24. The number of pyridine rings is 1. The van der Waals surface area contributed by atoms with Gasteiger partial charge in [-0.3, -0.25) is 14.6 Å². The largest absolute Gasteiger partial charge is 0.494 e. The van der Waals surface area contributed by atoms with E-state index in [0.29, 0.717) is 36.8 Å². The van der Waals surface area contributed by atoms with Crippen LogP contribution in [0.1, 0.15) is 37.7 Å². The normalized spacial score (nSPS) is 16.8. The molecule has 5 rings (SSSR count). The van der Waals surface area contributed by atoms with E-state index in [4.69, 9.17) is 9.47 Å². The number of ether oxygens (including phenoxy) is 2. The average molecular weight is 567 g/mol. The predicted molar refractivity (Wildman–Crippen MR) is 160 cm³/mol. The van der Waals surface area contributed by atoms with Crippen LogP contribution in [0.3, 0.4) is 0 Å². The van der Waals surface area contributed by atoms with Crippen LogP contribution >= 0.6 is 0 Å². The smallest absolute Gasteiger partial charge is 0.258 e. The second-order valence-electron chi connectivity index (χ2n) is 10.0. The number of hydrogen-bond acceptors (Lipinski definition) is 9. The molecule has 0 spiro atoms. The Balaban J connectivity index is 1.32. The minimum Gasteiger partial charge on any atom is -0.494 e. The highest BCUT2D eigenvalue weighted by atomic mass is 16.5. The van der Waals surface area contributed by atoms with Crippen molar-refractivity contribution >= 4 is 34.7 Å². The minimum absolute atomic E-state index is 0.00218. The van der Waals surface area contributed by atoms with E-state index in [9.17, 15) is 9.59 Å². The zero-order valence-electron chi connectivity index (χ0n) is 23.3. The summed E-state index contributed by atoms with van der Waals surface area (Å²) in [6.45, 7) is 0.360. The molecule has 1 aliphatic rings. The fourth-order valence-corrected chi connectivity index (χ4v) is 4.62. The van der Waals surface area contributed by atoms with E-state index in [1.165, 1.54) is 6.33 Å². The van der Waals surface area contributed by atoms with Gasteiger partial charge >= 0.3 is 0 Å². The summed E-state index contributed by atoms with van der Waals surface area (Å²) in [6, 6.07) is 19.8. The number of aromatic nitrogens is 3. The number of fused-ring (bicyclic) bond motifs is 6. The van der Waals surface area contributed by atoms with Gasteiger partial charge in [-0.25, -0.2) is 9.97 Å². The number of ketones is 1. The van der Waals surface area contributed by atoms with Crippen LogP contribution in [-0.2, 0) is 16.0 Å². The quantitative estimate of drug-likeness (QED) is 0.293. The fraction of sp³-hybridized carbons (Fsp3) is 0.281. The molecule has 1 unspecified atom stereocenters. The Morgan fingerprint density at radius 1 is 0.786 bits per heavy atom. The highest BCUT2D eigenvalue weighted by Gasteiger charge is 2.21. The van der Waals surface area contributed by atoms with Crippen molar-refractivity contribution < 1.29 is 19.1 Å². The molecule has 4 aromatic rings. The van der Waals surface area contributed by atoms with Crippen molar-refractivity contribution in [3.8, 4) is 11.5 Å². The zero-order chi connectivity index (χ0) is 29.0. The highest BCUT2D eigenvalue weighted by molar-refractivity contribution is 5.89. The molecule has 2 aromatic heterocycles. The van der Waals surface area contributed by atoms with E-state index in [0.717, 1.165) is 48.4 Å². The second kappa shape index (κ2) is 14.6. The molecule has 0 saturated heterocycles. The number of carbonyl (C=O) groups excluding carboxylic acids is 2. The van der Waals surface area contributed by atoms with Gasteiger partial charge in [-0.15, -0.1) is 0 Å². The van der Waals surface area contributed by atoms with E-state index in [-0.39, 0.29) is 18.3 Å². The molecular formula is C32H34N6O4. The summed E-state index contributed by atoms with van der Waals surface area (Å²) in [7, 11) is 0. The Hall–Kier alpha value is -4.99.